The van der Waals surface area contributed by atoms with Crippen molar-refractivity contribution in [2.75, 3.05) is 62.0 Å². The monoisotopic (exact) mass is 1420 g/mol. The van der Waals surface area contributed by atoms with E-state index in [1.807, 2.05) is 111 Å². The summed E-state index contributed by atoms with van der Waals surface area (Å²) in [4.78, 5) is 183. The quantitative estimate of drug-likeness (QED) is 0.0383. The molecule has 0 bridgehead atoms. The van der Waals surface area contributed by atoms with E-state index in [1.54, 1.807) is 56.4 Å². The Hall–Kier alpha value is -8.38. The highest BCUT2D eigenvalue weighted by molar-refractivity contribution is 6.09. The van der Waals surface area contributed by atoms with Gasteiger partial charge in [0.1, 0.15) is 30.2 Å². The van der Waals surface area contributed by atoms with Crippen molar-refractivity contribution in [3.63, 3.8) is 0 Å². The summed E-state index contributed by atoms with van der Waals surface area (Å²) in [5.74, 6) is -10.3. The van der Waals surface area contributed by atoms with E-state index in [1.165, 1.54) is 73.6 Å². The van der Waals surface area contributed by atoms with Gasteiger partial charge in [0.15, 0.2) is 17.6 Å². The van der Waals surface area contributed by atoms with Gasteiger partial charge in [0.05, 0.1) is 36.3 Å². The smallest absolute Gasteiger partial charge is 0.254 e. The van der Waals surface area contributed by atoms with Gasteiger partial charge < -0.3 is 60.5 Å². The first-order valence-electron chi connectivity index (χ1n) is 36.2. The van der Waals surface area contributed by atoms with Crippen LogP contribution in [-0.2, 0) is 81.5 Å². The van der Waals surface area contributed by atoms with Crippen LogP contribution in [0, 0.1) is 29.6 Å². The summed E-state index contributed by atoms with van der Waals surface area (Å²) >= 11 is 0. The summed E-state index contributed by atoms with van der Waals surface area (Å²) in [5.41, 5.74) is 1.35. The number of benzene rings is 3. The van der Waals surface area contributed by atoms with E-state index in [-0.39, 0.29) is 103 Å². The number of amides is 10. The molecule has 568 valence electrons. The Morgan fingerprint density at radius 2 is 0.892 bits per heavy atom. The second-order valence-corrected chi connectivity index (χ2v) is 29.7. The number of hydrogen-bond acceptors (Lipinski definition) is 14. The summed E-state index contributed by atoms with van der Waals surface area (Å²) in [5, 5.41) is 22.0. The second kappa shape index (κ2) is 41.1. The van der Waals surface area contributed by atoms with Gasteiger partial charge in [-0.3, -0.25) is 57.5 Å². The molecule has 11 atom stereocenters. The van der Waals surface area contributed by atoms with Crippen molar-refractivity contribution < 1.29 is 70.2 Å². The lowest BCUT2D eigenvalue weighted by molar-refractivity contribution is -0.149. The number of piperidine rings is 1. The van der Waals surface area contributed by atoms with Gasteiger partial charge in [0, 0.05) is 89.8 Å². The van der Waals surface area contributed by atoms with Crippen LogP contribution in [0.3, 0.4) is 0 Å². The van der Waals surface area contributed by atoms with Gasteiger partial charge in [0.2, 0.25) is 47.3 Å². The molecule has 102 heavy (non-hydrogen) atoms. The molecule has 1 saturated heterocycles. The maximum atomic E-state index is 15.4. The van der Waals surface area contributed by atoms with Crippen molar-refractivity contribution in [2.45, 2.75) is 220 Å². The molecule has 5 N–H and O–H groups in total. The predicted octanol–water partition coefficient (Wildman–Crippen LogP) is 6.47. The maximum Gasteiger partial charge on any atom is 0.254 e. The molecule has 1 aliphatic rings. The number of aliphatic hydroxyl groups excluding tert-OH is 1. The first-order valence-corrected chi connectivity index (χ1v) is 36.2. The number of rotatable bonds is 39. The summed E-state index contributed by atoms with van der Waals surface area (Å²) in [6, 6.07) is 16.3. The molecule has 0 aliphatic carbocycles. The average Bonchev–Trinajstić information content (AvgIpc) is 0.821. The molecule has 10 amide bonds. The van der Waals surface area contributed by atoms with Crippen molar-refractivity contribution in [1.82, 2.24) is 50.7 Å². The van der Waals surface area contributed by atoms with Gasteiger partial charge in [-0.1, -0.05) is 139 Å². The number of aliphatic hydroxyl groups is 1. The first kappa shape index (κ1) is 86.0. The number of likely N-dealkylation sites (N-methyl/N-ethyl adjacent to an activating group) is 6. The van der Waals surface area contributed by atoms with Crippen LogP contribution in [0.1, 0.15) is 160 Å². The number of ether oxygens (including phenoxy) is 1. The third-order valence-corrected chi connectivity index (χ3v) is 18.8. The molecule has 24 heteroatoms. The van der Waals surface area contributed by atoms with E-state index in [9.17, 15) is 33.9 Å². The Morgan fingerprint density at radius 3 is 1.33 bits per heavy atom. The van der Waals surface area contributed by atoms with E-state index in [0.29, 0.717) is 30.4 Å². The van der Waals surface area contributed by atoms with Gasteiger partial charge in [-0.2, -0.15) is 0 Å². The van der Waals surface area contributed by atoms with Crippen molar-refractivity contribution in [1.29, 1.82) is 0 Å². The molecule has 0 saturated carbocycles. The standard InChI is InChI=1S/C78H118N10O14.2H2/c1-19-66(92)83(14)59(43-54-32-24-20-25-33-54)65(91)47-58(48-102-78(10,11)12)75(99)84(15)60(44-55-34-26-21-27-35-55)64(90)46-57(40-49(2)3)74(98)86(17)62(42-51(6)7)70(94)81-67(53(9)89)76(100)87(18)63(45-56-36-28-22-29-37-56)71(95)82-68(77(101)88-38-30-23-31-39-88)72(96)80-52(8)73(97)85(16)61(41-50(4)5)69(93)79-13;;/h20-22,24-29,32-37,49-53,57-63,67-68,89H,19,23,30-31,38-48H2,1-18H3,(H,79,93)(H,80,96)(H,81,94)(H,82,95);2*1H/t52-,53-,57-,58+,59+,60+,61+,62+,63+,67+,68+;;/m1../s1. The highest BCUT2D eigenvalue weighted by Crippen LogP contribution is 2.27. The third kappa shape index (κ3) is 26.2. The van der Waals surface area contributed by atoms with Gasteiger partial charge in [-0.15, -0.1) is 0 Å². The van der Waals surface area contributed by atoms with Crippen molar-refractivity contribution in [2.24, 2.45) is 29.6 Å². The number of ketones is 2. The molecule has 3 aromatic carbocycles. The summed E-state index contributed by atoms with van der Waals surface area (Å²) < 4.78 is 6.23. The Labute approximate surface area is 608 Å². The van der Waals surface area contributed by atoms with E-state index < -0.39 is 131 Å². The predicted molar refractivity (Wildman–Crippen MR) is 396 cm³/mol. The van der Waals surface area contributed by atoms with E-state index in [2.05, 4.69) is 21.3 Å². The van der Waals surface area contributed by atoms with Crippen LogP contribution in [0.15, 0.2) is 91.0 Å². The second-order valence-electron chi connectivity index (χ2n) is 29.7. The SMILES string of the molecule is CCC(=O)N(C)[C@@H](Cc1ccccc1)C(=O)C[C@@H](COC(C)(C)C)C(=O)N(C)[C@@H](Cc1ccccc1)C(=O)C[C@@H](CC(C)C)C(=O)N(C)[C@@H](CC(C)C)C(=O)N[C@H](C(=O)N(C)[C@@H](Cc1ccccc1)C(=O)N[C@@H](C(=O)N[C@H](C)C(=O)N(C)[C@@H](CC(C)C)C(=O)NC)C(=O)N1CCCCC1)[C@@H](C)O.[HH].[HH]. The van der Waals surface area contributed by atoms with Gasteiger partial charge >= 0.3 is 0 Å². The normalized spacial score (nSPS) is 15.7. The van der Waals surface area contributed by atoms with E-state index in [4.69, 9.17) is 4.74 Å². The van der Waals surface area contributed by atoms with Crippen LogP contribution in [-0.4, -0.2) is 227 Å². The summed E-state index contributed by atoms with van der Waals surface area (Å²) in [7, 11) is 8.70. The number of hydrogen-bond donors (Lipinski definition) is 5. The lowest BCUT2D eigenvalue weighted by Crippen LogP contribution is -2.64. The van der Waals surface area contributed by atoms with Gasteiger partial charge in [-0.05, 0) is 120 Å². The number of likely N-dealkylation sites (tertiary alicyclic amines) is 1. The first-order chi connectivity index (χ1) is 47.9. The molecular formula is C78H122N10O14. The fraction of sp³-hybridized carbons (Fsp3) is 0.615. The zero-order chi connectivity index (χ0) is 76.5. The fourth-order valence-corrected chi connectivity index (χ4v) is 12.9. The Bertz CT molecular complexity index is 3280. The minimum absolute atomic E-state index is 0. The zero-order valence-electron chi connectivity index (χ0n) is 63.8. The molecule has 0 radical (unpaired) electrons. The molecule has 24 nitrogen and oxygen atoms in total. The minimum atomic E-state index is -1.90. The highest BCUT2D eigenvalue weighted by atomic mass is 16.5. The van der Waals surface area contributed by atoms with Crippen molar-refractivity contribution in [3.05, 3.63) is 108 Å². The molecule has 0 unspecified atom stereocenters. The van der Waals surface area contributed by atoms with Crippen molar-refractivity contribution in [3.8, 4) is 0 Å². The van der Waals surface area contributed by atoms with Crippen molar-refractivity contribution >= 4 is 70.6 Å². The van der Waals surface area contributed by atoms with Gasteiger partial charge in [-0.25, -0.2) is 0 Å². The van der Waals surface area contributed by atoms with Crippen LogP contribution >= 0.6 is 0 Å². The Balaban J connectivity index is 0.0000184. The lowest BCUT2D eigenvalue weighted by Gasteiger charge is -2.36. The zero-order valence-corrected chi connectivity index (χ0v) is 63.8. The molecule has 1 aliphatic heterocycles. The molecule has 4 rings (SSSR count). The summed E-state index contributed by atoms with van der Waals surface area (Å²) in [6.45, 7) is 21.5. The van der Waals surface area contributed by atoms with Crippen LogP contribution in [0.4, 0.5) is 0 Å². The highest BCUT2D eigenvalue weighted by Gasteiger charge is 2.44. The fourth-order valence-electron chi connectivity index (χ4n) is 12.9. The van der Waals surface area contributed by atoms with E-state index >= 15 is 28.8 Å². The van der Waals surface area contributed by atoms with Crippen LogP contribution in [0.2, 0.25) is 0 Å². The Morgan fingerprint density at radius 1 is 0.490 bits per heavy atom. The number of nitrogens with zero attached hydrogens (tertiary/aromatic N) is 6. The lowest BCUT2D eigenvalue weighted by atomic mass is 9.86. The van der Waals surface area contributed by atoms with Crippen LogP contribution in [0.25, 0.3) is 0 Å². The average molecular weight is 1420 g/mol. The number of carbonyl (C=O) groups excluding carboxylic acids is 12. The number of carbonyl (C=O) groups is 12. The number of Topliss-reactive ketones (excluding diaryl/α,β-unsaturated/α-hetero) is 2. The molecular weight excluding hydrogens is 1300 g/mol. The molecule has 1 heterocycles. The number of nitrogens with one attached hydrogen (secondary N) is 4. The molecule has 3 aromatic rings. The van der Waals surface area contributed by atoms with Crippen LogP contribution < -0.4 is 21.3 Å². The molecule has 0 aromatic heterocycles. The minimum Gasteiger partial charge on any atom is -0.391 e. The largest absolute Gasteiger partial charge is 0.391 e. The molecule has 1 fully saturated rings. The Kier molecular flexibility index (Phi) is 34.6. The van der Waals surface area contributed by atoms with E-state index in [0.717, 1.165) is 16.9 Å². The molecule has 0 spiro atoms. The maximum absolute atomic E-state index is 15.4. The van der Waals surface area contributed by atoms with Crippen LogP contribution in [0.5, 0.6) is 0 Å². The van der Waals surface area contributed by atoms with Gasteiger partial charge in [0.25, 0.3) is 11.8 Å². The third-order valence-electron chi connectivity index (χ3n) is 18.8. The topological polar surface area (TPSA) is 302 Å². The summed E-state index contributed by atoms with van der Waals surface area (Å²) in [6.07, 6.45) is 0.517.